The van der Waals surface area contributed by atoms with Crippen LogP contribution < -0.4 is 0 Å². The van der Waals surface area contributed by atoms with Crippen LogP contribution in [0.5, 0.6) is 0 Å². The Hall–Kier alpha value is -1.30. The quantitative estimate of drug-likeness (QED) is 0.716. The van der Waals surface area contributed by atoms with E-state index in [2.05, 4.69) is 6.92 Å². The minimum atomic E-state index is -0.748. The molecule has 0 saturated carbocycles. The van der Waals surface area contributed by atoms with Gasteiger partial charge in [0.05, 0.1) is 6.61 Å². The van der Waals surface area contributed by atoms with E-state index >= 15 is 0 Å². The molecular weight excluding hydrogens is 272 g/mol. The number of aliphatic carboxylic acids is 1. The highest BCUT2D eigenvalue weighted by molar-refractivity contribution is 5.74. The number of aliphatic hydroxyl groups is 1. The predicted molar refractivity (Wildman–Crippen MR) is 80.1 cm³/mol. The molecule has 0 aliphatic carbocycles. The molecule has 6 nitrogen and oxygen atoms in total. The zero-order chi connectivity index (χ0) is 15.7. The van der Waals surface area contributed by atoms with Gasteiger partial charge in [-0.05, 0) is 31.6 Å². The van der Waals surface area contributed by atoms with Crippen molar-refractivity contribution in [3.8, 4) is 0 Å². The Labute approximate surface area is 126 Å². The van der Waals surface area contributed by atoms with Crippen molar-refractivity contribution in [2.75, 3.05) is 32.8 Å². The molecule has 0 aromatic carbocycles. The van der Waals surface area contributed by atoms with Gasteiger partial charge in [-0.25, -0.2) is 4.79 Å². The van der Waals surface area contributed by atoms with Gasteiger partial charge in [-0.15, -0.1) is 0 Å². The first-order valence-corrected chi connectivity index (χ1v) is 7.95. The van der Waals surface area contributed by atoms with E-state index in [0.717, 1.165) is 25.7 Å². The Bertz CT molecular complexity index is 328. The number of carbonyl (C=O) groups is 2. The second-order valence-electron chi connectivity index (χ2n) is 5.71. The van der Waals surface area contributed by atoms with E-state index in [-0.39, 0.29) is 19.1 Å². The van der Waals surface area contributed by atoms with Crippen LogP contribution in [-0.4, -0.2) is 64.8 Å². The molecule has 0 bridgehead atoms. The number of piperidine rings is 1. The molecule has 2 N–H and O–H groups in total. The van der Waals surface area contributed by atoms with Crippen LogP contribution >= 0.6 is 0 Å². The van der Waals surface area contributed by atoms with Crippen molar-refractivity contribution in [1.82, 2.24) is 9.80 Å². The second kappa shape index (κ2) is 9.60. The first-order chi connectivity index (χ1) is 10.1. The Morgan fingerprint density at radius 1 is 1.24 bits per heavy atom. The summed E-state index contributed by atoms with van der Waals surface area (Å²) in [4.78, 5) is 26.6. The lowest BCUT2D eigenvalue weighted by Crippen LogP contribution is -2.47. The van der Waals surface area contributed by atoms with Crippen LogP contribution in [0.25, 0.3) is 0 Å². The number of carboxylic acids is 1. The summed E-state index contributed by atoms with van der Waals surface area (Å²) in [6.45, 7) is 4.53. The molecule has 0 radical (unpaired) electrons. The number of urea groups is 1. The highest BCUT2D eigenvalue weighted by Gasteiger charge is 2.26. The summed E-state index contributed by atoms with van der Waals surface area (Å²) in [5, 5.41) is 17.8. The van der Waals surface area contributed by atoms with Crippen LogP contribution in [0.4, 0.5) is 4.79 Å². The van der Waals surface area contributed by atoms with Crippen LogP contribution in [0.3, 0.4) is 0 Å². The van der Waals surface area contributed by atoms with E-state index in [9.17, 15) is 9.59 Å². The first-order valence-electron chi connectivity index (χ1n) is 7.95. The largest absolute Gasteiger partial charge is 0.481 e. The number of nitrogens with zero attached hydrogens (tertiary/aromatic N) is 2. The second-order valence-corrected chi connectivity index (χ2v) is 5.71. The number of hydrogen-bond donors (Lipinski definition) is 2. The predicted octanol–water partition coefficient (Wildman–Crippen LogP) is 1.78. The molecular formula is C15H28N2O4. The maximum absolute atomic E-state index is 12.4. The standard InChI is InChI=1S/C15H28N2O4/c1-2-3-8-16(11-12-18)15(21)17-9-6-13(7-10-17)4-5-14(19)20/h13,18H,2-12H2,1H3,(H,19,20). The number of carboxylic acid groups (broad SMARTS) is 1. The van der Waals surface area contributed by atoms with Crippen molar-refractivity contribution >= 4 is 12.0 Å². The highest BCUT2D eigenvalue weighted by Crippen LogP contribution is 2.22. The molecule has 0 aromatic heterocycles. The fraction of sp³-hybridized carbons (Fsp3) is 0.867. The van der Waals surface area contributed by atoms with Gasteiger partial charge in [-0.2, -0.15) is 0 Å². The Morgan fingerprint density at radius 2 is 1.90 bits per heavy atom. The SMILES string of the molecule is CCCCN(CCO)C(=O)N1CCC(CCC(=O)O)CC1. The van der Waals surface area contributed by atoms with Crippen LogP contribution in [0.1, 0.15) is 45.4 Å². The lowest BCUT2D eigenvalue weighted by atomic mass is 9.92. The van der Waals surface area contributed by atoms with Gasteiger partial charge in [0.1, 0.15) is 0 Å². The maximum atomic E-state index is 12.4. The van der Waals surface area contributed by atoms with Crippen molar-refractivity contribution in [3.63, 3.8) is 0 Å². The van der Waals surface area contributed by atoms with Gasteiger partial charge in [-0.1, -0.05) is 13.3 Å². The molecule has 1 aliphatic heterocycles. The van der Waals surface area contributed by atoms with E-state index in [1.807, 2.05) is 4.90 Å². The monoisotopic (exact) mass is 300 g/mol. The first kappa shape index (κ1) is 17.8. The average molecular weight is 300 g/mol. The topological polar surface area (TPSA) is 81.1 Å². The van der Waals surface area contributed by atoms with Gasteiger partial charge in [0.2, 0.25) is 0 Å². The van der Waals surface area contributed by atoms with Crippen LogP contribution in [0, 0.1) is 5.92 Å². The minimum absolute atomic E-state index is 0.00850. The smallest absolute Gasteiger partial charge is 0.320 e. The molecule has 2 amide bonds. The van der Waals surface area contributed by atoms with Gasteiger partial charge >= 0.3 is 12.0 Å². The molecule has 0 atom stereocenters. The number of amides is 2. The molecule has 6 heteroatoms. The molecule has 1 rings (SSSR count). The average Bonchev–Trinajstić information content (AvgIpc) is 2.49. The van der Waals surface area contributed by atoms with Crippen molar-refractivity contribution in [3.05, 3.63) is 0 Å². The van der Waals surface area contributed by atoms with Crippen molar-refractivity contribution in [1.29, 1.82) is 0 Å². The van der Waals surface area contributed by atoms with Crippen molar-refractivity contribution in [2.24, 2.45) is 5.92 Å². The number of likely N-dealkylation sites (tertiary alicyclic amines) is 1. The molecule has 0 spiro atoms. The molecule has 1 aliphatic rings. The number of unbranched alkanes of at least 4 members (excludes halogenated alkanes) is 1. The summed E-state index contributed by atoms with van der Waals surface area (Å²) < 4.78 is 0. The number of rotatable bonds is 8. The van der Waals surface area contributed by atoms with E-state index in [0.29, 0.717) is 38.5 Å². The molecule has 21 heavy (non-hydrogen) atoms. The van der Waals surface area contributed by atoms with E-state index in [1.54, 1.807) is 4.90 Å². The maximum Gasteiger partial charge on any atom is 0.320 e. The number of hydrogen-bond acceptors (Lipinski definition) is 3. The number of aliphatic hydroxyl groups excluding tert-OH is 1. The molecule has 122 valence electrons. The zero-order valence-electron chi connectivity index (χ0n) is 13.0. The van der Waals surface area contributed by atoms with E-state index < -0.39 is 5.97 Å². The van der Waals surface area contributed by atoms with Crippen molar-refractivity contribution in [2.45, 2.75) is 45.4 Å². The lowest BCUT2D eigenvalue weighted by Gasteiger charge is -2.35. The fourth-order valence-corrected chi connectivity index (χ4v) is 2.71. The zero-order valence-corrected chi connectivity index (χ0v) is 13.0. The van der Waals surface area contributed by atoms with Gasteiger partial charge in [0, 0.05) is 32.6 Å². The Balaban J connectivity index is 2.39. The van der Waals surface area contributed by atoms with Gasteiger partial charge < -0.3 is 20.0 Å². The van der Waals surface area contributed by atoms with Crippen LogP contribution in [0.15, 0.2) is 0 Å². The normalized spacial score (nSPS) is 16.0. The summed E-state index contributed by atoms with van der Waals surface area (Å²) in [5.74, 6) is -0.339. The Morgan fingerprint density at radius 3 is 2.43 bits per heavy atom. The van der Waals surface area contributed by atoms with Crippen molar-refractivity contribution < 1.29 is 19.8 Å². The van der Waals surface area contributed by atoms with E-state index in [4.69, 9.17) is 10.2 Å². The summed E-state index contributed by atoms with van der Waals surface area (Å²) in [6, 6.07) is 0.00850. The summed E-state index contributed by atoms with van der Waals surface area (Å²) >= 11 is 0. The summed E-state index contributed by atoms with van der Waals surface area (Å²) in [5.41, 5.74) is 0. The summed E-state index contributed by atoms with van der Waals surface area (Å²) in [6.07, 6.45) is 4.63. The molecule has 1 fully saturated rings. The third-order valence-corrected chi connectivity index (χ3v) is 4.07. The fourth-order valence-electron chi connectivity index (χ4n) is 2.71. The van der Waals surface area contributed by atoms with E-state index in [1.165, 1.54) is 0 Å². The highest BCUT2D eigenvalue weighted by atomic mass is 16.4. The molecule has 0 aromatic rings. The molecule has 1 heterocycles. The minimum Gasteiger partial charge on any atom is -0.481 e. The number of carbonyl (C=O) groups excluding carboxylic acids is 1. The third kappa shape index (κ3) is 6.33. The van der Waals surface area contributed by atoms with Gasteiger partial charge in [0.15, 0.2) is 0 Å². The Kier molecular flexibility index (Phi) is 8.12. The third-order valence-electron chi connectivity index (χ3n) is 4.07. The molecule has 1 saturated heterocycles. The lowest BCUT2D eigenvalue weighted by molar-refractivity contribution is -0.137. The van der Waals surface area contributed by atoms with Gasteiger partial charge in [-0.3, -0.25) is 4.79 Å². The molecule has 0 unspecified atom stereocenters. The van der Waals surface area contributed by atoms with Crippen LogP contribution in [0.2, 0.25) is 0 Å². The van der Waals surface area contributed by atoms with Crippen LogP contribution in [-0.2, 0) is 4.79 Å². The van der Waals surface area contributed by atoms with Gasteiger partial charge in [0.25, 0.3) is 0 Å². The summed E-state index contributed by atoms with van der Waals surface area (Å²) in [7, 11) is 0.